The van der Waals surface area contributed by atoms with Crippen molar-refractivity contribution in [3.8, 4) is 0 Å². The molecule has 1 heterocycles. The molecule has 0 aromatic heterocycles. The van der Waals surface area contributed by atoms with Crippen LogP contribution in [0.15, 0.2) is 23.1 Å². The van der Waals surface area contributed by atoms with Gasteiger partial charge in [0.15, 0.2) is 9.84 Å². The maximum atomic E-state index is 11.8. The molecule has 1 saturated heterocycles. The van der Waals surface area contributed by atoms with Gasteiger partial charge in [-0.15, -0.1) is 0 Å². The van der Waals surface area contributed by atoms with Crippen LogP contribution >= 0.6 is 0 Å². The molecule has 0 unspecified atom stereocenters. The van der Waals surface area contributed by atoms with Crippen LogP contribution in [-0.2, 0) is 9.84 Å². The van der Waals surface area contributed by atoms with Crippen LogP contribution in [0.25, 0.3) is 0 Å². The first-order valence-corrected chi connectivity index (χ1v) is 8.11. The lowest BCUT2D eigenvalue weighted by molar-refractivity contribution is 0.445. The summed E-state index contributed by atoms with van der Waals surface area (Å²) in [6.45, 7) is 3.99. The van der Waals surface area contributed by atoms with Crippen LogP contribution in [0.3, 0.4) is 0 Å². The number of hydrogen-bond acceptors (Lipinski definition) is 4. The first kappa shape index (κ1) is 13.2. The second-order valence-electron chi connectivity index (χ2n) is 5.19. The molecule has 0 bridgehead atoms. The molecular formula is C13H20N2O2S. The Labute approximate surface area is 109 Å². The van der Waals surface area contributed by atoms with Crippen molar-refractivity contribution in [2.75, 3.05) is 30.0 Å². The maximum absolute atomic E-state index is 11.8. The van der Waals surface area contributed by atoms with Gasteiger partial charge >= 0.3 is 0 Å². The summed E-state index contributed by atoms with van der Waals surface area (Å²) >= 11 is 0. The number of nitrogens with zero attached hydrogens (tertiary/aromatic N) is 1. The fourth-order valence-corrected chi connectivity index (χ4v) is 3.39. The van der Waals surface area contributed by atoms with Gasteiger partial charge in [-0.2, -0.15) is 0 Å². The largest absolute Gasteiger partial charge is 0.399 e. The van der Waals surface area contributed by atoms with Gasteiger partial charge in [-0.25, -0.2) is 8.42 Å². The van der Waals surface area contributed by atoms with E-state index in [9.17, 15) is 8.42 Å². The third-order valence-electron chi connectivity index (χ3n) is 3.38. The molecule has 1 aromatic rings. The summed E-state index contributed by atoms with van der Waals surface area (Å²) in [5.74, 6) is 0.590. The topological polar surface area (TPSA) is 63.4 Å². The standard InChI is InChI=1S/C13H20N2O2S/c1-10-4-3-7-15(9-10)12-8-11(14)5-6-13(12)18(2,16)17/h5-6,8,10H,3-4,7,9,14H2,1-2H3/t10-/m0/s1. The average molecular weight is 268 g/mol. The summed E-state index contributed by atoms with van der Waals surface area (Å²) in [5, 5.41) is 0. The molecule has 1 aromatic carbocycles. The first-order chi connectivity index (χ1) is 8.38. The number of sulfone groups is 1. The zero-order chi connectivity index (χ0) is 13.3. The fraction of sp³-hybridized carbons (Fsp3) is 0.538. The number of hydrogen-bond donors (Lipinski definition) is 1. The molecule has 0 saturated carbocycles. The molecule has 0 radical (unpaired) electrons. The maximum Gasteiger partial charge on any atom is 0.177 e. The van der Waals surface area contributed by atoms with E-state index in [-0.39, 0.29) is 0 Å². The molecule has 1 atom stereocenters. The van der Waals surface area contributed by atoms with E-state index in [1.807, 2.05) is 0 Å². The number of benzene rings is 1. The van der Waals surface area contributed by atoms with E-state index in [1.165, 1.54) is 12.7 Å². The van der Waals surface area contributed by atoms with Gasteiger partial charge in [0, 0.05) is 25.0 Å². The van der Waals surface area contributed by atoms with E-state index in [2.05, 4.69) is 11.8 Å². The van der Waals surface area contributed by atoms with Crippen LogP contribution < -0.4 is 10.6 Å². The summed E-state index contributed by atoms with van der Waals surface area (Å²) in [5.41, 5.74) is 7.15. The van der Waals surface area contributed by atoms with Crippen molar-refractivity contribution in [3.05, 3.63) is 18.2 Å². The molecule has 1 fully saturated rings. The van der Waals surface area contributed by atoms with Crippen LogP contribution in [0, 0.1) is 5.92 Å². The van der Waals surface area contributed by atoms with Gasteiger partial charge in [0.2, 0.25) is 0 Å². The van der Waals surface area contributed by atoms with Crippen LogP contribution in [0.2, 0.25) is 0 Å². The van der Waals surface area contributed by atoms with Crippen molar-refractivity contribution in [2.45, 2.75) is 24.7 Å². The molecular weight excluding hydrogens is 248 g/mol. The minimum atomic E-state index is -3.21. The van der Waals surface area contributed by atoms with E-state index in [4.69, 9.17) is 5.73 Å². The van der Waals surface area contributed by atoms with Crippen LogP contribution in [0.5, 0.6) is 0 Å². The van der Waals surface area contributed by atoms with Gasteiger partial charge in [-0.3, -0.25) is 0 Å². The molecule has 5 heteroatoms. The van der Waals surface area contributed by atoms with E-state index in [0.29, 0.717) is 16.5 Å². The molecule has 2 N–H and O–H groups in total. The molecule has 1 aliphatic heterocycles. The summed E-state index contributed by atoms with van der Waals surface area (Å²) < 4.78 is 23.6. The lowest BCUT2D eigenvalue weighted by atomic mass is 10.00. The Bertz CT molecular complexity index is 540. The minimum absolute atomic E-state index is 0.380. The highest BCUT2D eigenvalue weighted by Crippen LogP contribution is 2.31. The summed E-state index contributed by atoms with van der Waals surface area (Å²) in [6, 6.07) is 5.03. The molecule has 0 aliphatic carbocycles. The first-order valence-electron chi connectivity index (χ1n) is 6.22. The lowest BCUT2D eigenvalue weighted by Crippen LogP contribution is -2.35. The van der Waals surface area contributed by atoms with E-state index < -0.39 is 9.84 Å². The monoisotopic (exact) mass is 268 g/mol. The Hall–Kier alpha value is -1.23. The second kappa shape index (κ2) is 4.80. The normalized spacial score (nSPS) is 21.0. The van der Waals surface area contributed by atoms with Crippen molar-refractivity contribution in [1.29, 1.82) is 0 Å². The molecule has 0 spiro atoms. The van der Waals surface area contributed by atoms with Crippen molar-refractivity contribution in [2.24, 2.45) is 5.92 Å². The highest BCUT2D eigenvalue weighted by Gasteiger charge is 2.22. The molecule has 2 rings (SSSR count). The Morgan fingerprint density at radius 2 is 2.11 bits per heavy atom. The van der Waals surface area contributed by atoms with E-state index >= 15 is 0 Å². The molecule has 1 aliphatic rings. The van der Waals surface area contributed by atoms with Crippen molar-refractivity contribution < 1.29 is 8.42 Å². The third-order valence-corrected chi connectivity index (χ3v) is 4.52. The molecule has 4 nitrogen and oxygen atoms in total. The lowest BCUT2D eigenvalue weighted by Gasteiger charge is -2.34. The highest BCUT2D eigenvalue weighted by atomic mass is 32.2. The van der Waals surface area contributed by atoms with Gasteiger partial charge in [0.25, 0.3) is 0 Å². The van der Waals surface area contributed by atoms with E-state index in [1.54, 1.807) is 18.2 Å². The van der Waals surface area contributed by atoms with Gasteiger partial charge in [0.1, 0.15) is 0 Å². The number of nitrogens with two attached hydrogens (primary N) is 1. The minimum Gasteiger partial charge on any atom is -0.399 e. The number of piperidine rings is 1. The molecule has 100 valence electrons. The Balaban J connectivity index is 2.45. The summed E-state index contributed by atoms with van der Waals surface area (Å²) in [7, 11) is -3.21. The van der Waals surface area contributed by atoms with Crippen molar-refractivity contribution in [1.82, 2.24) is 0 Å². The van der Waals surface area contributed by atoms with E-state index in [0.717, 1.165) is 25.2 Å². The van der Waals surface area contributed by atoms with Crippen molar-refractivity contribution in [3.63, 3.8) is 0 Å². The Morgan fingerprint density at radius 3 is 2.72 bits per heavy atom. The van der Waals surface area contributed by atoms with Gasteiger partial charge in [0.05, 0.1) is 10.6 Å². The molecule has 18 heavy (non-hydrogen) atoms. The highest BCUT2D eigenvalue weighted by molar-refractivity contribution is 7.90. The van der Waals surface area contributed by atoms with Gasteiger partial charge in [-0.1, -0.05) is 6.92 Å². The average Bonchev–Trinajstić information content (AvgIpc) is 2.27. The smallest absolute Gasteiger partial charge is 0.177 e. The summed E-state index contributed by atoms with van der Waals surface area (Å²) in [4.78, 5) is 2.52. The zero-order valence-electron chi connectivity index (χ0n) is 10.9. The van der Waals surface area contributed by atoms with Gasteiger partial charge in [-0.05, 0) is 37.0 Å². The van der Waals surface area contributed by atoms with Crippen molar-refractivity contribution >= 4 is 21.2 Å². The van der Waals surface area contributed by atoms with Gasteiger partial charge < -0.3 is 10.6 Å². The Morgan fingerprint density at radius 1 is 1.39 bits per heavy atom. The summed E-state index contributed by atoms with van der Waals surface area (Å²) in [6.07, 6.45) is 3.54. The number of nitrogen functional groups attached to an aromatic ring is 1. The molecule has 0 amide bonds. The quantitative estimate of drug-likeness (QED) is 0.832. The predicted molar refractivity (Wildman–Crippen MR) is 74.6 cm³/mol. The predicted octanol–water partition coefficient (Wildman–Crippen LogP) is 1.91. The SMILES string of the molecule is C[C@H]1CCCN(c2cc(N)ccc2S(C)(=O)=O)C1. The number of anilines is 2. The zero-order valence-corrected chi connectivity index (χ0v) is 11.7. The fourth-order valence-electron chi connectivity index (χ4n) is 2.50. The number of rotatable bonds is 2. The van der Waals surface area contributed by atoms with Crippen LogP contribution in [0.4, 0.5) is 11.4 Å². The Kier molecular flexibility index (Phi) is 3.52. The third kappa shape index (κ3) is 2.77. The second-order valence-corrected chi connectivity index (χ2v) is 7.18. The van der Waals surface area contributed by atoms with Crippen LogP contribution in [-0.4, -0.2) is 27.8 Å². The van der Waals surface area contributed by atoms with Crippen LogP contribution in [0.1, 0.15) is 19.8 Å².